The van der Waals surface area contributed by atoms with Gasteiger partial charge in [-0.15, -0.1) is 0 Å². The summed E-state index contributed by atoms with van der Waals surface area (Å²) < 4.78 is 11.0. The first-order chi connectivity index (χ1) is 10.4. The van der Waals surface area contributed by atoms with Crippen molar-refractivity contribution in [3.63, 3.8) is 0 Å². The highest BCUT2D eigenvalue weighted by atomic mass is 16.6. The van der Waals surface area contributed by atoms with Gasteiger partial charge in [0, 0.05) is 25.7 Å². The molecule has 122 valence electrons. The van der Waals surface area contributed by atoms with Gasteiger partial charge in [0.25, 0.3) is 0 Å². The highest BCUT2D eigenvalue weighted by molar-refractivity contribution is 5.68. The van der Waals surface area contributed by atoms with Crippen molar-refractivity contribution in [1.29, 1.82) is 0 Å². The minimum Gasteiger partial charge on any atom is -0.444 e. The predicted octanol–water partition coefficient (Wildman–Crippen LogP) is 2.41. The van der Waals surface area contributed by atoms with Crippen LogP contribution in [-0.4, -0.2) is 48.9 Å². The fourth-order valence-corrected chi connectivity index (χ4v) is 2.28. The monoisotopic (exact) mass is 306 g/mol. The lowest BCUT2D eigenvalue weighted by Gasteiger charge is -2.28. The van der Waals surface area contributed by atoms with Crippen molar-refractivity contribution < 1.29 is 14.3 Å². The van der Waals surface area contributed by atoms with Crippen LogP contribution in [-0.2, 0) is 16.0 Å². The number of carbonyl (C=O) groups is 1. The Kier molecular flexibility index (Phi) is 5.80. The predicted molar refractivity (Wildman–Crippen MR) is 85.7 cm³/mol. The first-order valence-corrected chi connectivity index (χ1v) is 7.77. The van der Waals surface area contributed by atoms with Crippen LogP contribution in [0.4, 0.5) is 4.79 Å². The number of hydrogen-bond donors (Lipinski definition) is 1. The summed E-state index contributed by atoms with van der Waals surface area (Å²) in [7, 11) is 0. The van der Waals surface area contributed by atoms with Gasteiger partial charge in [-0.05, 0) is 26.3 Å². The van der Waals surface area contributed by atoms with Crippen molar-refractivity contribution in [2.45, 2.75) is 39.0 Å². The van der Waals surface area contributed by atoms with E-state index < -0.39 is 5.60 Å². The van der Waals surface area contributed by atoms with Crippen LogP contribution in [0, 0.1) is 0 Å². The van der Waals surface area contributed by atoms with E-state index in [0.29, 0.717) is 26.3 Å². The van der Waals surface area contributed by atoms with Gasteiger partial charge in [0.05, 0.1) is 13.2 Å². The molecule has 2 rings (SSSR count). The van der Waals surface area contributed by atoms with E-state index in [2.05, 4.69) is 17.4 Å². The number of rotatable bonds is 3. The van der Waals surface area contributed by atoms with Crippen molar-refractivity contribution in [3.8, 4) is 0 Å². The molecule has 1 unspecified atom stereocenters. The van der Waals surface area contributed by atoms with Crippen LogP contribution in [0.3, 0.4) is 0 Å². The molecule has 1 fully saturated rings. The summed E-state index contributed by atoms with van der Waals surface area (Å²) in [5.41, 5.74) is 0.743. The molecule has 1 heterocycles. The summed E-state index contributed by atoms with van der Waals surface area (Å²) in [6.07, 6.45) is -0.274. The summed E-state index contributed by atoms with van der Waals surface area (Å²) in [5, 5.41) is 3.45. The van der Waals surface area contributed by atoms with Crippen molar-refractivity contribution in [3.05, 3.63) is 35.9 Å². The summed E-state index contributed by atoms with van der Waals surface area (Å²) in [5.74, 6) is 0. The maximum absolute atomic E-state index is 12.2. The number of benzene rings is 1. The Morgan fingerprint density at radius 2 is 2.09 bits per heavy atom. The summed E-state index contributed by atoms with van der Waals surface area (Å²) >= 11 is 0. The lowest BCUT2D eigenvalue weighted by Crippen LogP contribution is -2.45. The number of ether oxygens (including phenoxy) is 2. The van der Waals surface area contributed by atoms with E-state index in [1.807, 2.05) is 39.0 Å². The van der Waals surface area contributed by atoms with Gasteiger partial charge in [0.15, 0.2) is 0 Å². The van der Waals surface area contributed by atoms with Gasteiger partial charge in [0.1, 0.15) is 5.60 Å². The summed E-state index contributed by atoms with van der Waals surface area (Å²) in [6.45, 7) is 8.71. The van der Waals surface area contributed by atoms with Gasteiger partial charge >= 0.3 is 6.09 Å². The molecule has 0 saturated carbocycles. The largest absolute Gasteiger partial charge is 0.444 e. The number of nitrogens with zero attached hydrogens (tertiary/aromatic N) is 1. The van der Waals surface area contributed by atoms with Gasteiger partial charge in [-0.1, -0.05) is 30.3 Å². The van der Waals surface area contributed by atoms with Crippen LogP contribution in [0.2, 0.25) is 0 Å². The molecule has 1 saturated heterocycles. The Balaban J connectivity index is 1.88. The van der Waals surface area contributed by atoms with E-state index in [1.165, 1.54) is 5.56 Å². The first-order valence-electron chi connectivity index (χ1n) is 7.77. The third kappa shape index (κ3) is 5.66. The van der Waals surface area contributed by atoms with Crippen LogP contribution in [0.15, 0.2) is 30.3 Å². The minimum absolute atomic E-state index is 0.107. The molecule has 0 aromatic heterocycles. The Bertz CT molecular complexity index is 471. The zero-order valence-electron chi connectivity index (χ0n) is 13.7. The molecule has 1 amide bonds. The average molecular weight is 306 g/mol. The molecule has 0 radical (unpaired) electrons. The Labute approximate surface area is 132 Å². The zero-order valence-corrected chi connectivity index (χ0v) is 13.7. The van der Waals surface area contributed by atoms with Crippen LogP contribution < -0.4 is 5.32 Å². The highest BCUT2D eigenvalue weighted by Gasteiger charge is 2.26. The lowest BCUT2D eigenvalue weighted by molar-refractivity contribution is 0.0238. The van der Waals surface area contributed by atoms with Crippen molar-refractivity contribution >= 4 is 6.09 Å². The van der Waals surface area contributed by atoms with Crippen molar-refractivity contribution in [1.82, 2.24) is 10.2 Å². The molecule has 0 bridgehead atoms. The van der Waals surface area contributed by atoms with E-state index in [1.54, 1.807) is 4.90 Å². The van der Waals surface area contributed by atoms with E-state index in [-0.39, 0.29) is 12.1 Å². The Morgan fingerprint density at radius 3 is 2.77 bits per heavy atom. The lowest BCUT2D eigenvalue weighted by atomic mass is 10.2. The zero-order chi connectivity index (χ0) is 16.0. The molecule has 0 spiro atoms. The fraction of sp³-hybridized carbons (Fsp3) is 0.588. The second kappa shape index (κ2) is 7.61. The molecule has 1 aromatic carbocycles. The number of carbonyl (C=O) groups excluding carboxylic acids is 1. The molecule has 0 aliphatic carbocycles. The molecule has 1 aliphatic rings. The maximum Gasteiger partial charge on any atom is 0.410 e. The van der Waals surface area contributed by atoms with E-state index in [0.717, 1.165) is 6.54 Å². The molecule has 5 nitrogen and oxygen atoms in total. The van der Waals surface area contributed by atoms with Gasteiger partial charge in [-0.25, -0.2) is 4.79 Å². The molecular formula is C17H26N2O3. The van der Waals surface area contributed by atoms with Crippen LogP contribution >= 0.6 is 0 Å². The van der Waals surface area contributed by atoms with Gasteiger partial charge in [0.2, 0.25) is 0 Å². The summed E-state index contributed by atoms with van der Waals surface area (Å²) in [6, 6.07) is 10.3. The summed E-state index contributed by atoms with van der Waals surface area (Å²) in [4.78, 5) is 13.9. The fourth-order valence-electron chi connectivity index (χ4n) is 2.28. The first kappa shape index (κ1) is 16.8. The second-order valence-electron chi connectivity index (χ2n) is 6.56. The third-order valence-electron chi connectivity index (χ3n) is 3.35. The molecule has 22 heavy (non-hydrogen) atoms. The van der Waals surface area contributed by atoms with Gasteiger partial charge in [-0.2, -0.15) is 0 Å². The van der Waals surface area contributed by atoms with Crippen LogP contribution in [0.25, 0.3) is 0 Å². The SMILES string of the molecule is CC(C)(C)OC(=O)N1CCOCC(NCc2ccccc2)C1. The number of nitrogens with one attached hydrogen (secondary N) is 1. The second-order valence-corrected chi connectivity index (χ2v) is 6.56. The number of hydrogen-bond acceptors (Lipinski definition) is 4. The van der Waals surface area contributed by atoms with E-state index in [9.17, 15) is 4.79 Å². The molecule has 1 N–H and O–H groups in total. The van der Waals surface area contributed by atoms with Gasteiger partial charge in [-0.3, -0.25) is 0 Å². The topological polar surface area (TPSA) is 50.8 Å². The smallest absolute Gasteiger partial charge is 0.410 e. The normalized spacial score (nSPS) is 19.6. The molecule has 5 heteroatoms. The van der Waals surface area contributed by atoms with E-state index >= 15 is 0 Å². The third-order valence-corrected chi connectivity index (χ3v) is 3.35. The van der Waals surface area contributed by atoms with E-state index in [4.69, 9.17) is 9.47 Å². The van der Waals surface area contributed by atoms with Crippen molar-refractivity contribution in [2.75, 3.05) is 26.3 Å². The standard InChI is InChI=1S/C17H26N2O3/c1-17(2,3)22-16(20)19-9-10-21-13-15(12-19)18-11-14-7-5-4-6-8-14/h4-8,15,18H,9-13H2,1-3H3. The average Bonchev–Trinajstić information content (AvgIpc) is 2.70. The van der Waals surface area contributed by atoms with Crippen LogP contribution in [0.1, 0.15) is 26.3 Å². The maximum atomic E-state index is 12.2. The Hall–Kier alpha value is -1.59. The molecular weight excluding hydrogens is 280 g/mol. The molecule has 1 aliphatic heterocycles. The van der Waals surface area contributed by atoms with Gasteiger partial charge < -0.3 is 19.7 Å². The minimum atomic E-state index is -0.475. The quantitative estimate of drug-likeness (QED) is 0.932. The highest BCUT2D eigenvalue weighted by Crippen LogP contribution is 2.12. The van der Waals surface area contributed by atoms with Crippen molar-refractivity contribution in [2.24, 2.45) is 0 Å². The Morgan fingerprint density at radius 1 is 1.36 bits per heavy atom. The van der Waals surface area contributed by atoms with Crippen LogP contribution in [0.5, 0.6) is 0 Å². The number of amides is 1. The molecule has 1 atom stereocenters. The molecule has 1 aromatic rings.